The van der Waals surface area contributed by atoms with Gasteiger partial charge in [0.2, 0.25) is 0 Å². The van der Waals surface area contributed by atoms with E-state index in [4.69, 9.17) is 4.74 Å². The van der Waals surface area contributed by atoms with Crippen molar-refractivity contribution in [2.24, 2.45) is 0 Å². The van der Waals surface area contributed by atoms with E-state index in [2.05, 4.69) is 10.3 Å². The van der Waals surface area contributed by atoms with Crippen molar-refractivity contribution in [1.82, 2.24) is 10.3 Å². The molecule has 0 aliphatic heterocycles. The molecule has 0 fully saturated rings. The van der Waals surface area contributed by atoms with Crippen molar-refractivity contribution in [3.05, 3.63) is 38.5 Å². The van der Waals surface area contributed by atoms with E-state index in [1.165, 1.54) is 7.11 Å². The van der Waals surface area contributed by atoms with Gasteiger partial charge in [0.15, 0.2) is 0 Å². The van der Waals surface area contributed by atoms with Crippen molar-refractivity contribution < 1.29 is 9.53 Å². The summed E-state index contributed by atoms with van der Waals surface area (Å²) < 4.78 is 4.75. The van der Waals surface area contributed by atoms with Crippen LogP contribution in [0.4, 0.5) is 0 Å². The maximum Gasteiger partial charge on any atom is 0.307 e. The van der Waals surface area contributed by atoms with Gasteiger partial charge in [-0.2, -0.15) is 0 Å². The molecule has 2 rings (SSSR count). The molecule has 6 heteroatoms. The number of carbonyl (C=O) groups excluding carboxylic acids is 1. The summed E-state index contributed by atoms with van der Waals surface area (Å²) in [7, 11) is 1.41. The van der Waals surface area contributed by atoms with Crippen molar-refractivity contribution >= 4 is 28.6 Å². The molecule has 1 atom stereocenters. The smallest absolute Gasteiger partial charge is 0.307 e. The molecule has 0 saturated heterocycles. The number of ether oxygens (including phenoxy) is 1. The summed E-state index contributed by atoms with van der Waals surface area (Å²) in [6, 6.07) is 3.99. The van der Waals surface area contributed by atoms with Gasteiger partial charge in [-0.1, -0.05) is 6.07 Å². The zero-order chi connectivity index (χ0) is 13.7. The van der Waals surface area contributed by atoms with E-state index < -0.39 is 0 Å². The Bertz CT molecular complexity index is 522. The molecule has 4 nitrogen and oxygen atoms in total. The van der Waals surface area contributed by atoms with Crippen LogP contribution in [0.25, 0.3) is 0 Å². The predicted octanol–water partition coefficient (Wildman–Crippen LogP) is 2.91. The fourth-order valence-electron chi connectivity index (χ4n) is 1.71. The summed E-state index contributed by atoms with van der Waals surface area (Å²) in [4.78, 5) is 17.0. The Morgan fingerprint density at radius 3 is 2.95 bits per heavy atom. The van der Waals surface area contributed by atoms with Crippen LogP contribution in [0, 0.1) is 6.92 Å². The third kappa shape index (κ3) is 4.12. The first-order valence-electron chi connectivity index (χ1n) is 5.93. The van der Waals surface area contributed by atoms with Crippen LogP contribution in [0.2, 0.25) is 0 Å². The van der Waals surface area contributed by atoms with Gasteiger partial charge in [-0.05, 0) is 18.4 Å². The Kier molecular flexibility index (Phi) is 5.07. The Morgan fingerprint density at radius 2 is 2.37 bits per heavy atom. The first kappa shape index (κ1) is 14.2. The van der Waals surface area contributed by atoms with E-state index in [0.29, 0.717) is 13.0 Å². The van der Waals surface area contributed by atoms with Gasteiger partial charge in [-0.25, -0.2) is 4.98 Å². The first-order valence-corrected chi connectivity index (χ1v) is 7.69. The third-order valence-corrected chi connectivity index (χ3v) is 4.60. The highest BCUT2D eigenvalue weighted by atomic mass is 32.1. The monoisotopic (exact) mass is 296 g/mol. The van der Waals surface area contributed by atoms with Gasteiger partial charge in [0.05, 0.1) is 19.6 Å². The molecule has 0 amide bonds. The normalized spacial score (nSPS) is 12.3. The van der Waals surface area contributed by atoms with Gasteiger partial charge < -0.3 is 10.1 Å². The number of carbonyl (C=O) groups is 1. The molecule has 0 aliphatic rings. The molecule has 0 radical (unpaired) electrons. The summed E-state index contributed by atoms with van der Waals surface area (Å²) in [5, 5.41) is 8.44. The van der Waals surface area contributed by atoms with Crippen molar-refractivity contribution in [3.8, 4) is 0 Å². The maximum absolute atomic E-state index is 11.5. The minimum absolute atomic E-state index is 0.0170. The van der Waals surface area contributed by atoms with Crippen LogP contribution in [0.15, 0.2) is 22.9 Å². The second-order valence-corrected chi connectivity index (χ2v) is 6.03. The molecule has 19 heavy (non-hydrogen) atoms. The number of hydrogen-bond donors (Lipinski definition) is 1. The number of aryl methyl sites for hydroxylation is 1. The van der Waals surface area contributed by atoms with Gasteiger partial charge in [-0.3, -0.25) is 4.79 Å². The topological polar surface area (TPSA) is 51.2 Å². The highest BCUT2D eigenvalue weighted by Crippen LogP contribution is 2.23. The zero-order valence-electron chi connectivity index (χ0n) is 10.9. The first-order chi connectivity index (χ1) is 9.19. The standard InChI is InChI=1S/C13H16N2O2S2/c1-9-8-19-12(15-9)7-14-10(6-13(16)17-2)11-4-3-5-18-11/h3-5,8,10,14H,6-7H2,1-2H3. The largest absolute Gasteiger partial charge is 0.469 e. The lowest BCUT2D eigenvalue weighted by Crippen LogP contribution is -2.23. The molecular weight excluding hydrogens is 280 g/mol. The molecule has 0 bridgehead atoms. The van der Waals surface area contributed by atoms with Crippen molar-refractivity contribution in [1.29, 1.82) is 0 Å². The van der Waals surface area contributed by atoms with Crippen LogP contribution in [-0.2, 0) is 16.1 Å². The van der Waals surface area contributed by atoms with E-state index >= 15 is 0 Å². The molecule has 0 aromatic carbocycles. The molecule has 2 heterocycles. The van der Waals surface area contributed by atoms with Crippen LogP contribution in [0.5, 0.6) is 0 Å². The molecule has 2 aromatic rings. The maximum atomic E-state index is 11.5. The van der Waals surface area contributed by atoms with Crippen LogP contribution < -0.4 is 5.32 Å². The number of rotatable bonds is 6. The molecule has 1 unspecified atom stereocenters. The minimum atomic E-state index is -0.207. The summed E-state index contributed by atoms with van der Waals surface area (Å²) in [6.45, 7) is 2.64. The Hall–Kier alpha value is -1.24. The SMILES string of the molecule is COC(=O)CC(NCc1nc(C)cs1)c1cccs1. The summed E-state index contributed by atoms with van der Waals surface area (Å²) in [6.07, 6.45) is 0.335. The number of methoxy groups -OCH3 is 1. The van der Waals surface area contributed by atoms with Crippen molar-refractivity contribution in [3.63, 3.8) is 0 Å². The predicted molar refractivity (Wildman–Crippen MR) is 77.4 cm³/mol. The zero-order valence-corrected chi connectivity index (χ0v) is 12.5. The van der Waals surface area contributed by atoms with E-state index in [0.717, 1.165) is 15.6 Å². The molecule has 1 N–H and O–H groups in total. The fourth-order valence-corrected chi connectivity index (χ4v) is 3.23. The van der Waals surface area contributed by atoms with Gasteiger partial charge in [0.25, 0.3) is 0 Å². The van der Waals surface area contributed by atoms with Gasteiger partial charge in [-0.15, -0.1) is 22.7 Å². The number of thiazole rings is 1. The second-order valence-electron chi connectivity index (χ2n) is 4.11. The quantitative estimate of drug-likeness (QED) is 0.833. The Balaban J connectivity index is 1.99. The van der Waals surface area contributed by atoms with E-state index in [1.54, 1.807) is 22.7 Å². The lowest BCUT2D eigenvalue weighted by atomic mass is 10.1. The van der Waals surface area contributed by atoms with Gasteiger partial charge in [0.1, 0.15) is 5.01 Å². The molecule has 2 aromatic heterocycles. The molecular formula is C13H16N2O2S2. The van der Waals surface area contributed by atoms with Gasteiger partial charge >= 0.3 is 5.97 Å². The van der Waals surface area contributed by atoms with E-state index in [-0.39, 0.29) is 12.0 Å². The lowest BCUT2D eigenvalue weighted by Gasteiger charge is -2.15. The number of aromatic nitrogens is 1. The number of thiophene rings is 1. The van der Waals surface area contributed by atoms with Crippen LogP contribution in [-0.4, -0.2) is 18.1 Å². The van der Waals surface area contributed by atoms with Crippen LogP contribution >= 0.6 is 22.7 Å². The average Bonchev–Trinajstić information content (AvgIpc) is 3.05. The lowest BCUT2D eigenvalue weighted by molar-refractivity contribution is -0.141. The van der Waals surface area contributed by atoms with Crippen LogP contribution in [0.1, 0.15) is 28.0 Å². The van der Waals surface area contributed by atoms with E-state index in [1.807, 2.05) is 29.8 Å². The van der Waals surface area contributed by atoms with E-state index in [9.17, 15) is 4.79 Å². The fraction of sp³-hybridized carbons (Fsp3) is 0.385. The molecule has 0 spiro atoms. The van der Waals surface area contributed by atoms with Gasteiger partial charge in [0, 0.05) is 22.5 Å². The Labute approximate surface area is 120 Å². The Morgan fingerprint density at radius 1 is 1.53 bits per heavy atom. The highest BCUT2D eigenvalue weighted by Gasteiger charge is 2.17. The van der Waals surface area contributed by atoms with Crippen molar-refractivity contribution in [2.75, 3.05) is 7.11 Å². The number of hydrogen-bond acceptors (Lipinski definition) is 6. The highest BCUT2D eigenvalue weighted by molar-refractivity contribution is 7.10. The second kappa shape index (κ2) is 6.79. The third-order valence-electron chi connectivity index (χ3n) is 2.65. The number of esters is 1. The molecule has 0 saturated carbocycles. The van der Waals surface area contributed by atoms with Crippen LogP contribution in [0.3, 0.4) is 0 Å². The molecule has 0 aliphatic carbocycles. The summed E-state index contributed by atoms with van der Waals surface area (Å²) in [5.74, 6) is -0.207. The number of nitrogens with one attached hydrogen (secondary N) is 1. The summed E-state index contributed by atoms with van der Waals surface area (Å²) in [5.41, 5.74) is 1.03. The number of nitrogens with zero attached hydrogens (tertiary/aromatic N) is 1. The molecule has 102 valence electrons. The minimum Gasteiger partial charge on any atom is -0.469 e. The summed E-state index contributed by atoms with van der Waals surface area (Å²) >= 11 is 3.26. The van der Waals surface area contributed by atoms with Crippen molar-refractivity contribution in [2.45, 2.75) is 25.9 Å². The average molecular weight is 296 g/mol.